The summed E-state index contributed by atoms with van der Waals surface area (Å²) in [6.45, 7) is 1.54. The first kappa shape index (κ1) is 22.9. The number of anilines is 1. The Morgan fingerprint density at radius 1 is 0.818 bits per heavy atom. The highest BCUT2D eigenvalue weighted by Gasteiger charge is 2.31. The monoisotopic (exact) mass is 474 g/mol. The van der Waals surface area contributed by atoms with Gasteiger partial charge in [0, 0.05) is 32.2 Å². The van der Waals surface area contributed by atoms with Crippen LogP contribution < -0.4 is 23.8 Å². The van der Waals surface area contributed by atoms with E-state index in [-0.39, 0.29) is 4.90 Å². The summed E-state index contributed by atoms with van der Waals surface area (Å²) >= 11 is 0. The summed E-state index contributed by atoms with van der Waals surface area (Å²) in [6.07, 6.45) is 1.48. The number of benzene rings is 2. The molecular weight excluding hydrogens is 448 g/mol. The van der Waals surface area contributed by atoms with Gasteiger partial charge in [-0.15, -0.1) is 0 Å². The fourth-order valence-corrected chi connectivity index (χ4v) is 5.37. The first-order valence-electron chi connectivity index (χ1n) is 10.3. The molecule has 1 aromatic heterocycles. The van der Waals surface area contributed by atoms with E-state index in [0.29, 0.717) is 65.9 Å². The first-order valence-corrected chi connectivity index (χ1v) is 11.7. The molecule has 1 aliphatic rings. The largest absolute Gasteiger partial charge is 0.497 e. The molecule has 2 heterocycles. The van der Waals surface area contributed by atoms with Crippen LogP contribution >= 0.6 is 0 Å². The summed E-state index contributed by atoms with van der Waals surface area (Å²) in [7, 11) is 2.57. The molecule has 0 radical (unpaired) electrons. The smallest absolute Gasteiger partial charge is 0.243 e. The molecule has 1 aliphatic heterocycles. The molecule has 0 saturated carbocycles. The Bertz CT molecular complexity index is 1240. The summed E-state index contributed by atoms with van der Waals surface area (Å²) < 4.78 is 49.4. The average molecular weight is 475 g/mol. The van der Waals surface area contributed by atoms with Crippen LogP contribution in [0, 0.1) is 0 Å². The number of piperazine rings is 1. The second-order valence-electron chi connectivity index (χ2n) is 7.30. The number of hydrogen-bond acceptors (Lipinski definition) is 9. The van der Waals surface area contributed by atoms with Gasteiger partial charge in [0.1, 0.15) is 17.9 Å². The topological polar surface area (TPSA) is 103 Å². The summed E-state index contributed by atoms with van der Waals surface area (Å²) in [4.78, 5) is 11.1. The Morgan fingerprint density at radius 2 is 1.48 bits per heavy atom. The first-order chi connectivity index (χ1) is 15.9. The number of ether oxygens (including phenoxy) is 4. The summed E-state index contributed by atoms with van der Waals surface area (Å²) in [5.41, 5.74) is 0.641. The van der Waals surface area contributed by atoms with Gasteiger partial charge in [-0.1, -0.05) is 0 Å². The van der Waals surface area contributed by atoms with Crippen LogP contribution in [0.3, 0.4) is 0 Å². The van der Waals surface area contributed by atoms with Crippen molar-refractivity contribution in [1.82, 2.24) is 14.3 Å². The number of hydrogen-bond donors (Lipinski definition) is 0. The Labute approximate surface area is 192 Å². The van der Waals surface area contributed by atoms with Crippen LogP contribution in [0.15, 0.2) is 41.6 Å². The molecule has 2 aromatic carbocycles. The highest BCUT2D eigenvalue weighted by molar-refractivity contribution is 7.89. The molecule has 4 rings (SSSR count). The number of nitrogens with zero attached hydrogens (tertiary/aromatic N) is 4. The van der Waals surface area contributed by atoms with Gasteiger partial charge < -0.3 is 23.8 Å². The fraction of sp³-hybridized carbons (Fsp3) is 0.364. The van der Waals surface area contributed by atoms with E-state index < -0.39 is 10.0 Å². The molecule has 0 unspecified atom stereocenters. The average Bonchev–Trinajstić information content (AvgIpc) is 2.87. The van der Waals surface area contributed by atoms with Crippen molar-refractivity contribution in [3.8, 4) is 23.0 Å². The molecule has 1 fully saturated rings. The Morgan fingerprint density at radius 3 is 2.06 bits per heavy atom. The molecular formula is C22H26N4O6S. The van der Waals surface area contributed by atoms with Crippen molar-refractivity contribution in [3.63, 3.8) is 0 Å². The van der Waals surface area contributed by atoms with Crippen LogP contribution in [0.5, 0.6) is 23.0 Å². The van der Waals surface area contributed by atoms with E-state index in [1.807, 2.05) is 4.90 Å². The summed E-state index contributed by atoms with van der Waals surface area (Å²) in [6, 6.07) is 8.17. The Hall–Kier alpha value is -3.31. The molecule has 0 N–H and O–H groups in total. The van der Waals surface area contributed by atoms with E-state index in [1.54, 1.807) is 58.8 Å². The minimum Gasteiger partial charge on any atom is -0.497 e. The standard InChI is InChI=1S/C22H26N4O6S/c1-29-15-5-7-16(8-6-15)33(27,28)26-11-9-25(10-12-26)22-19-17(23-14-24-22)13-18(30-2)20(31-3)21(19)32-4/h5-8,13-14H,9-12H2,1-4H3. The van der Waals surface area contributed by atoms with Crippen LogP contribution in [0.1, 0.15) is 0 Å². The van der Waals surface area contributed by atoms with Gasteiger partial charge in [0.25, 0.3) is 0 Å². The predicted molar refractivity (Wildman–Crippen MR) is 123 cm³/mol. The SMILES string of the molecule is COc1ccc(S(=O)(=O)N2CCN(c3ncnc4cc(OC)c(OC)c(OC)c34)CC2)cc1. The van der Waals surface area contributed by atoms with E-state index in [9.17, 15) is 8.42 Å². The van der Waals surface area contributed by atoms with E-state index in [4.69, 9.17) is 18.9 Å². The van der Waals surface area contributed by atoms with Crippen molar-refractivity contribution < 1.29 is 27.4 Å². The molecule has 176 valence electrons. The van der Waals surface area contributed by atoms with Gasteiger partial charge in [-0.3, -0.25) is 0 Å². The maximum Gasteiger partial charge on any atom is 0.243 e. The van der Waals surface area contributed by atoms with Crippen LogP contribution in [0.25, 0.3) is 10.9 Å². The number of sulfonamides is 1. The van der Waals surface area contributed by atoms with E-state index >= 15 is 0 Å². The molecule has 1 saturated heterocycles. The number of methoxy groups -OCH3 is 4. The lowest BCUT2D eigenvalue weighted by molar-refractivity contribution is 0.327. The quantitative estimate of drug-likeness (QED) is 0.510. The lowest BCUT2D eigenvalue weighted by Crippen LogP contribution is -2.49. The maximum atomic E-state index is 13.1. The zero-order chi connectivity index (χ0) is 23.6. The maximum absolute atomic E-state index is 13.1. The molecule has 0 atom stereocenters. The van der Waals surface area contributed by atoms with Gasteiger partial charge in [-0.25, -0.2) is 18.4 Å². The van der Waals surface area contributed by atoms with Crippen LogP contribution in [-0.4, -0.2) is 77.3 Å². The third kappa shape index (κ3) is 4.09. The normalized spacial score (nSPS) is 14.8. The van der Waals surface area contributed by atoms with Gasteiger partial charge in [-0.2, -0.15) is 4.31 Å². The van der Waals surface area contributed by atoms with Crippen molar-refractivity contribution in [2.45, 2.75) is 4.90 Å². The van der Waals surface area contributed by atoms with E-state index in [0.717, 1.165) is 0 Å². The van der Waals surface area contributed by atoms with Crippen molar-refractivity contribution in [3.05, 3.63) is 36.7 Å². The van der Waals surface area contributed by atoms with Crippen LogP contribution in [-0.2, 0) is 10.0 Å². The second-order valence-corrected chi connectivity index (χ2v) is 9.24. The van der Waals surface area contributed by atoms with Crippen molar-refractivity contribution in [1.29, 1.82) is 0 Å². The van der Waals surface area contributed by atoms with Crippen molar-refractivity contribution in [2.75, 3.05) is 59.5 Å². The number of rotatable bonds is 7. The minimum atomic E-state index is -3.61. The van der Waals surface area contributed by atoms with Gasteiger partial charge in [0.2, 0.25) is 15.8 Å². The highest BCUT2D eigenvalue weighted by Crippen LogP contribution is 2.45. The number of aromatic nitrogens is 2. The molecule has 0 amide bonds. The van der Waals surface area contributed by atoms with Crippen molar-refractivity contribution in [2.24, 2.45) is 0 Å². The highest BCUT2D eigenvalue weighted by atomic mass is 32.2. The summed E-state index contributed by atoms with van der Waals surface area (Å²) in [5, 5.41) is 0.684. The molecule has 10 nitrogen and oxygen atoms in total. The zero-order valence-electron chi connectivity index (χ0n) is 18.9. The third-order valence-corrected chi connectivity index (χ3v) is 7.56. The van der Waals surface area contributed by atoms with Crippen LogP contribution in [0.4, 0.5) is 5.82 Å². The Kier molecular flexibility index (Phi) is 6.43. The second kappa shape index (κ2) is 9.28. The van der Waals surface area contributed by atoms with Gasteiger partial charge in [0.05, 0.1) is 44.2 Å². The minimum absolute atomic E-state index is 0.239. The lowest BCUT2D eigenvalue weighted by Gasteiger charge is -2.35. The number of fused-ring (bicyclic) bond motifs is 1. The van der Waals surface area contributed by atoms with Gasteiger partial charge in [0.15, 0.2) is 11.5 Å². The third-order valence-electron chi connectivity index (χ3n) is 5.65. The van der Waals surface area contributed by atoms with Crippen molar-refractivity contribution >= 4 is 26.7 Å². The van der Waals surface area contributed by atoms with Crippen LogP contribution in [0.2, 0.25) is 0 Å². The molecule has 3 aromatic rings. The Balaban J connectivity index is 1.63. The molecule has 0 spiro atoms. The lowest BCUT2D eigenvalue weighted by atomic mass is 10.1. The molecule has 33 heavy (non-hydrogen) atoms. The summed E-state index contributed by atoms with van der Waals surface area (Å²) in [5.74, 6) is 2.68. The molecule has 11 heteroatoms. The predicted octanol–water partition coefficient (Wildman–Crippen LogP) is 2.18. The zero-order valence-corrected chi connectivity index (χ0v) is 19.8. The molecule has 0 bridgehead atoms. The van der Waals surface area contributed by atoms with Gasteiger partial charge >= 0.3 is 0 Å². The molecule has 0 aliphatic carbocycles. The van der Waals surface area contributed by atoms with Gasteiger partial charge in [-0.05, 0) is 24.3 Å². The van der Waals surface area contributed by atoms with E-state index in [2.05, 4.69) is 9.97 Å². The fourth-order valence-electron chi connectivity index (χ4n) is 3.95. The van der Waals surface area contributed by atoms with E-state index in [1.165, 1.54) is 10.6 Å².